The molecule has 0 atom stereocenters. The van der Waals surface area contributed by atoms with Gasteiger partial charge in [0.05, 0.1) is 10.6 Å². The van der Waals surface area contributed by atoms with Crippen molar-refractivity contribution in [2.45, 2.75) is 0 Å². The molecular formula is C19H15ClN2O2S. The van der Waals surface area contributed by atoms with Crippen LogP contribution in [0.25, 0.3) is 6.08 Å². The van der Waals surface area contributed by atoms with E-state index in [0.717, 1.165) is 11.3 Å². The summed E-state index contributed by atoms with van der Waals surface area (Å²) in [5.41, 5.74) is 1.51. The van der Waals surface area contributed by atoms with E-state index in [-0.39, 0.29) is 5.91 Å². The number of hydrogen-bond donors (Lipinski definition) is 1. The molecule has 0 bridgehead atoms. The molecule has 1 saturated heterocycles. The lowest BCUT2D eigenvalue weighted by Crippen LogP contribution is -2.19. The van der Waals surface area contributed by atoms with Crippen LogP contribution >= 0.6 is 23.4 Å². The Bertz CT molecular complexity index is 863. The van der Waals surface area contributed by atoms with Gasteiger partial charge in [0, 0.05) is 10.6 Å². The van der Waals surface area contributed by atoms with Crippen LogP contribution in [0.1, 0.15) is 5.56 Å². The van der Waals surface area contributed by atoms with Gasteiger partial charge in [0.25, 0.3) is 5.91 Å². The molecule has 25 heavy (non-hydrogen) atoms. The van der Waals surface area contributed by atoms with Crippen molar-refractivity contribution < 1.29 is 9.53 Å². The van der Waals surface area contributed by atoms with Crippen LogP contribution in [0.15, 0.2) is 71.1 Å². The molecule has 0 radical (unpaired) electrons. The van der Waals surface area contributed by atoms with Gasteiger partial charge in [0.1, 0.15) is 12.4 Å². The van der Waals surface area contributed by atoms with E-state index in [9.17, 15) is 4.79 Å². The SMILES string of the molecule is C=CCOc1ccc(Cl)cc1/C=C1\SC(=Nc2ccccc2)NC1=O. The van der Waals surface area contributed by atoms with E-state index in [1.807, 2.05) is 30.3 Å². The molecule has 1 N–H and O–H groups in total. The van der Waals surface area contributed by atoms with E-state index >= 15 is 0 Å². The number of rotatable bonds is 5. The van der Waals surface area contributed by atoms with Crippen molar-refractivity contribution >= 4 is 46.2 Å². The maximum atomic E-state index is 12.2. The Morgan fingerprint density at radius 3 is 2.80 bits per heavy atom. The molecule has 1 aliphatic heterocycles. The zero-order valence-corrected chi connectivity index (χ0v) is 14.8. The molecule has 0 saturated carbocycles. The van der Waals surface area contributed by atoms with E-state index in [4.69, 9.17) is 16.3 Å². The maximum Gasteiger partial charge on any atom is 0.264 e. The van der Waals surface area contributed by atoms with Crippen LogP contribution in [-0.2, 0) is 4.79 Å². The molecule has 2 aromatic carbocycles. The molecule has 1 aliphatic rings. The Morgan fingerprint density at radius 2 is 2.04 bits per heavy atom. The van der Waals surface area contributed by atoms with Gasteiger partial charge in [-0.25, -0.2) is 4.99 Å². The van der Waals surface area contributed by atoms with Gasteiger partial charge in [-0.1, -0.05) is 42.5 Å². The minimum atomic E-state index is -0.200. The highest BCUT2D eigenvalue weighted by molar-refractivity contribution is 8.18. The largest absolute Gasteiger partial charge is 0.489 e. The number of hydrogen-bond acceptors (Lipinski definition) is 4. The van der Waals surface area contributed by atoms with Crippen molar-refractivity contribution in [2.75, 3.05) is 6.61 Å². The zero-order valence-electron chi connectivity index (χ0n) is 13.2. The second-order valence-electron chi connectivity index (χ2n) is 5.10. The number of ether oxygens (including phenoxy) is 1. The van der Waals surface area contributed by atoms with Crippen LogP contribution in [0.4, 0.5) is 5.69 Å². The fourth-order valence-electron chi connectivity index (χ4n) is 2.15. The van der Waals surface area contributed by atoms with Gasteiger partial charge in [-0.05, 0) is 48.2 Å². The number of nitrogens with one attached hydrogen (secondary N) is 1. The Hall–Kier alpha value is -2.50. The van der Waals surface area contributed by atoms with E-state index in [0.29, 0.717) is 27.5 Å². The second-order valence-corrected chi connectivity index (χ2v) is 6.57. The van der Waals surface area contributed by atoms with Crippen molar-refractivity contribution in [3.63, 3.8) is 0 Å². The highest BCUT2D eigenvalue weighted by Gasteiger charge is 2.24. The van der Waals surface area contributed by atoms with Crippen LogP contribution in [0.3, 0.4) is 0 Å². The van der Waals surface area contributed by atoms with E-state index < -0.39 is 0 Å². The van der Waals surface area contributed by atoms with E-state index in [1.165, 1.54) is 11.8 Å². The summed E-state index contributed by atoms with van der Waals surface area (Å²) in [7, 11) is 0. The monoisotopic (exact) mass is 370 g/mol. The number of carbonyl (C=O) groups is 1. The maximum absolute atomic E-state index is 12.2. The molecule has 1 heterocycles. The Balaban J connectivity index is 1.87. The zero-order chi connectivity index (χ0) is 17.6. The minimum absolute atomic E-state index is 0.200. The normalized spacial score (nSPS) is 16.9. The fourth-order valence-corrected chi connectivity index (χ4v) is 3.17. The Morgan fingerprint density at radius 1 is 1.24 bits per heavy atom. The highest BCUT2D eigenvalue weighted by atomic mass is 35.5. The lowest BCUT2D eigenvalue weighted by atomic mass is 10.2. The number of amides is 1. The third-order valence-corrected chi connectivity index (χ3v) is 4.40. The van der Waals surface area contributed by atoms with Crippen LogP contribution in [-0.4, -0.2) is 17.7 Å². The van der Waals surface area contributed by atoms with Crippen molar-refractivity contribution in [3.8, 4) is 5.75 Å². The first-order valence-electron chi connectivity index (χ1n) is 7.53. The molecule has 0 unspecified atom stereocenters. The topological polar surface area (TPSA) is 50.7 Å². The van der Waals surface area contributed by atoms with Crippen LogP contribution in [0.5, 0.6) is 5.75 Å². The molecule has 1 amide bonds. The number of aliphatic imine (C=N–C) groups is 1. The number of carbonyl (C=O) groups excluding carboxylic acids is 1. The van der Waals surface area contributed by atoms with E-state index in [2.05, 4.69) is 16.9 Å². The summed E-state index contributed by atoms with van der Waals surface area (Å²) in [6.45, 7) is 4.01. The summed E-state index contributed by atoms with van der Waals surface area (Å²) in [5, 5.41) is 3.87. The third-order valence-electron chi connectivity index (χ3n) is 3.25. The first-order chi connectivity index (χ1) is 12.2. The number of nitrogens with zero attached hydrogens (tertiary/aromatic N) is 1. The number of thioether (sulfide) groups is 1. The lowest BCUT2D eigenvalue weighted by molar-refractivity contribution is -0.115. The molecule has 0 spiro atoms. The number of amidine groups is 1. The van der Waals surface area contributed by atoms with Gasteiger partial charge in [-0.2, -0.15) is 0 Å². The summed E-state index contributed by atoms with van der Waals surface area (Å²) in [5.74, 6) is 0.438. The molecule has 0 aromatic heterocycles. The van der Waals surface area contributed by atoms with Gasteiger partial charge in [-0.3, -0.25) is 4.79 Å². The van der Waals surface area contributed by atoms with Gasteiger partial charge in [-0.15, -0.1) is 0 Å². The lowest BCUT2D eigenvalue weighted by Gasteiger charge is -2.08. The third kappa shape index (κ3) is 4.53. The summed E-state index contributed by atoms with van der Waals surface area (Å²) >= 11 is 7.35. The Kier molecular flexibility index (Phi) is 5.58. The van der Waals surface area contributed by atoms with Crippen molar-refractivity contribution in [1.29, 1.82) is 0 Å². The van der Waals surface area contributed by atoms with Gasteiger partial charge in [0.2, 0.25) is 0 Å². The number of benzene rings is 2. The van der Waals surface area contributed by atoms with Crippen LogP contribution in [0, 0.1) is 0 Å². The predicted molar refractivity (Wildman–Crippen MR) is 104 cm³/mol. The highest BCUT2D eigenvalue weighted by Crippen LogP contribution is 2.31. The first-order valence-corrected chi connectivity index (χ1v) is 8.73. The molecule has 0 aliphatic carbocycles. The second kappa shape index (κ2) is 8.05. The fraction of sp³-hybridized carbons (Fsp3) is 0.0526. The van der Waals surface area contributed by atoms with Gasteiger partial charge < -0.3 is 10.1 Å². The molecule has 2 aromatic rings. The van der Waals surface area contributed by atoms with Crippen LogP contribution < -0.4 is 10.1 Å². The summed E-state index contributed by atoms with van der Waals surface area (Å²) in [6.07, 6.45) is 3.41. The predicted octanol–water partition coefficient (Wildman–Crippen LogP) is 4.80. The molecule has 6 heteroatoms. The molecule has 126 valence electrons. The number of halogens is 1. The van der Waals surface area contributed by atoms with E-state index in [1.54, 1.807) is 30.4 Å². The van der Waals surface area contributed by atoms with Crippen molar-refractivity contribution in [2.24, 2.45) is 4.99 Å². The first kappa shape index (κ1) is 17.3. The van der Waals surface area contributed by atoms with Crippen LogP contribution in [0.2, 0.25) is 5.02 Å². The van der Waals surface area contributed by atoms with Crippen molar-refractivity contribution in [1.82, 2.24) is 5.32 Å². The van der Waals surface area contributed by atoms with Gasteiger partial charge in [0.15, 0.2) is 5.17 Å². The average Bonchev–Trinajstić information content (AvgIpc) is 2.94. The molecule has 3 rings (SSSR count). The standard InChI is InChI=1S/C19H15ClN2O2S/c1-2-10-24-16-9-8-14(20)11-13(16)12-17-18(23)22-19(25-17)21-15-6-4-3-5-7-15/h2-9,11-12H,1,10H2,(H,21,22,23)/b17-12-. The summed E-state index contributed by atoms with van der Waals surface area (Å²) < 4.78 is 5.62. The molecular weight excluding hydrogens is 356 g/mol. The molecule has 1 fully saturated rings. The molecule has 4 nitrogen and oxygen atoms in total. The smallest absolute Gasteiger partial charge is 0.264 e. The Labute approximate surface area is 155 Å². The number of para-hydroxylation sites is 1. The summed E-state index contributed by atoms with van der Waals surface area (Å²) in [6, 6.07) is 14.7. The quantitative estimate of drug-likeness (QED) is 0.607. The van der Waals surface area contributed by atoms with Crippen molar-refractivity contribution in [3.05, 3.63) is 76.7 Å². The van der Waals surface area contributed by atoms with Gasteiger partial charge >= 0.3 is 0 Å². The average molecular weight is 371 g/mol. The minimum Gasteiger partial charge on any atom is -0.489 e. The summed E-state index contributed by atoms with van der Waals surface area (Å²) in [4.78, 5) is 17.2.